The molecule has 1 aromatic rings. The fraction of sp³-hybridized carbons (Fsp3) is 0.450. The molecule has 1 aliphatic heterocycles. The second-order valence-corrected chi connectivity index (χ2v) is 7.55. The second kappa shape index (κ2) is 13.1. The van der Waals surface area contributed by atoms with Gasteiger partial charge >= 0.3 is 5.97 Å². The number of ether oxygens (including phenoxy) is 2. The van der Waals surface area contributed by atoms with Gasteiger partial charge in [0.25, 0.3) is 5.91 Å². The Kier molecular flexibility index (Phi) is 10.4. The van der Waals surface area contributed by atoms with Crippen LogP contribution in [0.3, 0.4) is 0 Å². The molecule has 4 atom stereocenters. The van der Waals surface area contributed by atoms with E-state index in [4.69, 9.17) is 14.0 Å². The molecule has 2 amide bonds. The van der Waals surface area contributed by atoms with Gasteiger partial charge in [0, 0.05) is 19.3 Å². The van der Waals surface area contributed by atoms with Gasteiger partial charge in [-0.3, -0.25) is 24.8 Å². The Labute approximate surface area is 178 Å². The summed E-state index contributed by atoms with van der Waals surface area (Å²) in [5.41, 5.74) is 0.939. The third-order valence-electron chi connectivity index (χ3n) is 4.40. The first kappa shape index (κ1) is 24.0. The van der Waals surface area contributed by atoms with Gasteiger partial charge in [0.15, 0.2) is 0 Å². The zero-order valence-corrected chi connectivity index (χ0v) is 18.1. The number of nitrogens with zero attached hydrogens (tertiary/aromatic N) is 1. The first-order valence-electron chi connectivity index (χ1n) is 9.62. The smallest absolute Gasteiger partial charge is 0.323 e. The van der Waals surface area contributed by atoms with Crippen molar-refractivity contribution in [1.29, 1.82) is 0 Å². The number of hydrogen-bond acceptors (Lipinski definition) is 8. The minimum atomic E-state index is -0.488. The zero-order valence-electron chi connectivity index (χ0n) is 17.1. The molecule has 0 radical (unpaired) electrons. The Bertz CT molecular complexity index is 718. The Hall–Kier alpha value is -2.32. The summed E-state index contributed by atoms with van der Waals surface area (Å²) in [6.45, 7) is 2.37. The molecule has 164 valence electrons. The van der Waals surface area contributed by atoms with E-state index in [-0.39, 0.29) is 33.9 Å². The molecule has 2 N–H and O–H groups in total. The molecule has 30 heavy (non-hydrogen) atoms. The molecule has 2 rings (SSSR count). The quantitative estimate of drug-likeness (QED) is 0.166. The van der Waals surface area contributed by atoms with Crippen molar-refractivity contribution in [3.05, 3.63) is 48.2 Å². The Morgan fingerprint density at radius 1 is 1.33 bits per heavy atom. The average Bonchev–Trinajstić information content (AvgIpc) is 3.23. The fourth-order valence-electron chi connectivity index (χ4n) is 2.67. The van der Waals surface area contributed by atoms with Crippen LogP contribution in [0.15, 0.2) is 42.6 Å². The van der Waals surface area contributed by atoms with Crippen LogP contribution in [0.5, 0.6) is 0 Å². The van der Waals surface area contributed by atoms with E-state index in [1.54, 1.807) is 25.1 Å². The molecule has 1 aliphatic rings. The molecular weight excluding hydrogens is 409 g/mol. The minimum absolute atomic E-state index is 0.0582. The van der Waals surface area contributed by atoms with Gasteiger partial charge in [0.05, 0.1) is 21.7 Å². The van der Waals surface area contributed by atoms with E-state index < -0.39 is 11.9 Å². The van der Waals surface area contributed by atoms with Crippen molar-refractivity contribution in [2.24, 2.45) is 0 Å². The summed E-state index contributed by atoms with van der Waals surface area (Å²) >= 11 is 0. The van der Waals surface area contributed by atoms with Crippen molar-refractivity contribution in [1.82, 2.24) is 15.3 Å². The average molecular weight is 437 g/mol. The van der Waals surface area contributed by atoms with Crippen LogP contribution >= 0.6 is 8.96 Å². The van der Waals surface area contributed by atoms with Crippen molar-refractivity contribution in [2.75, 3.05) is 13.7 Å². The largest absolute Gasteiger partial charge is 0.460 e. The number of benzene rings is 1. The Morgan fingerprint density at radius 3 is 2.83 bits per heavy atom. The number of carbonyl (C=O) groups excluding carboxylic acids is 3. The highest BCUT2D eigenvalue weighted by Gasteiger charge is 2.27. The topological polar surface area (TPSA) is 106 Å². The number of amides is 2. The first-order valence-corrected chi connectivity index (χ1v) is 10.5. The van der Waals surface area contributed by atoms with Crippen LogP contribution < -0.4 is 10.4 Å². The lowest BCUT2D eigenvalue weighted by atomic mass is 10.2. The van der Waals surface area contributed by atoms with Crippen molar-refractivity contribution < 1.29 is 28.4 Å². The van der Waals surface area contributed by atoms with Gasteiger partial charge in [0.2, 0.25) is 6.41 Å². The van der Waals surface area contributed by atoms with Crippen LogP contribution in [0.4, 0.5) is 0 Å². The van der Waals surface area contributed by atoms with E-state index >= 15 is 0 Å². The number of rotatable bonds is 12. The maximum Gasteiger partial charge on any atom is 0.323 e. The first-order chi connectivity index (χ1) is 14.5. The predicted molar refractivity (Wildman–Crippen MR) is 112 cm³/mol. The monoisotopic (exact) mass is 437 g/mol. The zero-order chi connectivity index (χ0) is 21.8. The molecule has 1 heterocycles. The van der Waals surface area contributed by atoms with Crippen LogP contribution in [0.1, 0.15) is 25.3 Å². The van der Waals surface area contributed by atoms with Gasteiger partial charge in [-0.05, 0) is 25.3 Å². The maximum absolute atomic E-state index is 12.0. The number of carbonyl (C=O) groups is 3. The highest BCUT2D eigenvalue weighted by molar-refractivity contribution is 7.29. The SMILES string of the molecule is CC(NPOCC1CCC(N(C)/C=C\C(=O)NC=O)O1)C(=O)OCc1ccccc1. The summed E-state index contributed by atoms with van der Waals surface area (Å²) in [6.07, 6.45) is 4.56. The Balaban J connectivity index is 1.58. The van der Waals surface area contributed by atoms with Crippen molar-refractivity contribution in [3.8, 4) is 0 Å². The van der Waals surface area contributed by atoms with Crippen LogP contribution in [0, 0.1) is 0 Å². The van der Waals surface area contributed by atoms with Crippen molar-refractivity contribution in [2.45, 2.75) is 44.7 Å². The highest BCUT2D eigenvalue weighted by Crippen LogP contribution is 2.24. The molecule has 1 fully saturated rings. The molecule has 4 unspecified atom stereocenters. The van der Waals surface area contributed by atoms with Gasteiger partial charge in [0.1, 0.15) is 18.9 Å². The van der Waals surface area contributed by atoms with Gasteiger partial charge in [-0.15, -0.1) is 0 Å². The predicted octanol–water partition coefficient (Wildman–Crippen LogP) is 1.46. The number of imide groups is 1. The van der Waals surface area contributed by atoms with E-state index in [1.165, 1.54) is 6.08 Å². The van der Waals surface area contributed by atoms with Crippen LogP contribution in [-0.2, 0) is 35.0 Å². The summed E-state index contributed by atoms with van der Waals surface area (Å²) in [7, 11) is 1.74. The van der Waals surface area contributed by atoms with Gasteiger partial charge in [-0.1, -0.05) is 30.3 Å². The number of esters is 1. The molecule has 0 saturated carbocycles. The summed E-state index contributed by atoms with van der Waals surface area (Å²) in [5.74, 6) is -0.822. The van der Waals surface area contributed by atoms with E-state index in [2.05, 4.69) is 5.09 Å². The standard InChI is InChI=1S/C20H28N3O6P/c1-15(20(26)27-12-16-6-4-3-5-7-16)22-30-28-13-17-8-9-19(29-17)23(2)11-10-18(25)21-14-24/h3-7,10-11,14-15,17,19,22,30H,8-9,12-13H2,1-2H3,(H,21,24,25)/b11-10-. The van der Waals surface area contributed by atoms with Crippen LogP contribution in [0.2, 0.25) is 0 Å². The van der Waals surface area contributed by atoms with Gasteiger partial charge < -0.3 is 18.9 Å². The molecular formula is C20H28N3O6P. The van der Waals surface area contributed by atoms with E-state index in [0.29, 0.717) is 13.0 Å². The number of nitrogens with one attached hydrogen (secondary N) is 2. The van der Waals surface area contributed by atoms with E-state index in [1.807, 2.05) is 35.6 Å². The molecule has 10 heteroatoms. The minimum Gasteiger partial charge on any atom is -0.460 e. The molecule has 1 aromatic carbocycles. The van der Waals surface area contributed by atoms with Gasteiger partial charge in [-0.25, -0.2) is 0 Å². The lowest BCUT2D eigenvalue weighted by molar-refractivity contribution is -0.146. The maximum atomic E-state index is 12.0. The second-order valence-electron chi connectivity index (χ2n) is 6.77. The fourth-order valence-corrected chi connectivity index (χ4v) is 3.32. The lowest BCUT2D eigenvalue weighted by Crippen LogP contribution is -2.31. The molecule has 0 aromatic heterocycles. The molecule has 1 saturated heterocycles. The van der Waals surface area contributed by atoms with Crippen molar-refractivity contribution >= 4 is 27.2 Å². The highest BCUT2D eigenvalue weighted by atomic mass is 31.1. The van der Waals surface area contributed by atoms with Gasteiger partial charge in [-0.2, -0.15) is 0 Å². The van der Waals surface area contributed by atoms with E-state index in [9.17, 15) is 14.4 Å². The lowest BCUT2D eigenvalue weighted by Gasteiger charge is -2.23. The summed E-state index contributed by atoms with van der Waals surface area (Å²) in [4.78, 5) is 35.3. The molecule has 9 nitrogen and oxygen atoms in total. The molecule has 0 spiro atoms. The van der Waals surface area contributed by atoms with E-state index in [0.717, 1.165) is 18.4 Å². The summed E-state index contributed by atoms with van der Waals surface area (Å²) in [5, 5.41) is 5.04. The Morgan fingerprint density at radius 2 is 2.10 bits per heavy atom. The summed E-state index contributed by atoms with van der Waals surface area (Å²) in [6, 6.07) is 9.03. The van der Waals surface area contributed by atoms with Crippen LogP contribution in [-0.4, -0.2) is 55.2 Å². The molecule has 0 bridgehead atoms. The number of hydrogen-bond donors (Lipinski definition) is 2. The third-order valence-corrected chi connectivity index (χ3v) is 5.26. The van der Waals surface area contributed by atoms with Crippen molar-refractivity contribution in [3.63, 3.8) is 0 Å². The third kappa shape index (κ3) is 8.59. The van der Waals surface area contributed by atoms with Crippen LogP contribution in [0.25, 0.3) is 0 Å². The summed E-state index contributed by atoms with van der Waals surface area (Å²) < 4.78 is 16.8. The normalized spacial score (nSPS) is 19.8. The molecule has 0 aliphatic carbocycles.